The van der Waals surface area contributed by atoms with Gasteiger partial charge in [0.1, 0.15) is 5.75 Å². The van der Waals surface area contributed by atoms with Gasteiger partial charge in [0.05, 0.1) is 18.7 Å². The van der Waals surface area contributed by atoms with Crippen LogP contribution in [0.4, 0.5) is 0 Å². The molecule has 1 aromatic heterocycles. The van der Waals surface area contributed by atoms with Crippen LogP contribution in [0.2, 0.25) is 0 Å². The predicted octanol–water partition coefficient (Wildman–Crippen LogP) is 6.13. The minimum absolute atomic E-state index is 0.446. The molecule has 4 heteroatoms. The lowest BCUT2D eigenvalue weighted by molar-refractivity contribution is 0.164. The average molecular weight is 401 g/mol. The second-order valence-corrected chi connectivity index (χ2v) is 8.05. The van der Waals surface area contributed by atoms with Gasteiger partial charge in [0.2, 0.25) is 0 Å². The van der Waals surface area contributed by atoms with Gasteiger partial charge in [-0.15, -0.1) is 0 Å². The van der Waals surface area contributed by atoms with Crippen molar-refractivity contribution in [2.45, 2.75) is 77.7 Å². The van der Waals surface area contributed by atoms with Crippen molar-refractivity contribution < 1.29 is 9.84 Å². The molecule has 1 unspecified atom stereocenters. The van der Waals surface area contributed by atoms with Crippen LogP contribution in [0, 0.1) is 0 Å². The monoisotopic (exact) mass is 400 g/mol. The van der Waals surface area contributed by atoms with Crippen molar-refractivity contribution in [3.63, 3.8) is 0 Å². The van der Waals surface area contributed by atoms with E-state index in [4.69, 9.17) is 4.74 Å². The van der Waals surface area contributed by atoms with Crippen molar-refractivity contribution >= 4 is 10.9 Å². The number of rotatable bonds is 15. The molecule has 0 saturated carbocycles. The summed E-state index contributed by atoms with van der Waals surface area (Å²) >= 11 is 0. The average Bonchev–Trinajstić information content (AvgIpc) is 2.76. The van der Waals surface area contributed by atoms with Gasteiger partial charge in [-0.05, 0) is 75.1 Å². The number of aliphatic hydroxyl groups excluding tert-OH is 1. The maximum Gasteiger partial charge on any atom is 0.119 e. The Morgan fingerprint density at radius 1 is 0.931 bits per heavy atom. The number of methoxy groups -OCH3 is 1. The number of ether oxygens (including phenoxy) is 1. The Hall–Kier alpha value is -1.65. The third-order valence-electron chi connectivity index (χ3n) is 5.70. The summed E-state index contributed by atoms with van der Waals surface area (Å²) in [6, 6.07) is 7.77. The summed E-state index contributed by atoms with van der Waals surface area (Å²) in [6.45, 7) is 8.25. The Morgan fingerprint density at radius 3 is 2.31 bits per heavy atom. The first-order chi connectivity index (χ1) is 14.2. The maximum absolute atomic E-state index is 10.7. The number of fused-ring (bicyclic) bond motifs is 1. The van der Waals surface area contributed by atoms with Crippen molar-refractivity contribution in [2.24, 2.45) is 0 Å². The van der Waals surface area contributed by atoms with Gasteiger partial charge in [-0.2, -0.15) is 0 Å². The molecule has 0 aliphatic rings. The molecule has 0 amide bonds. The molecule has 0 fully saturated rings. The van der Waals surface area contributed by atoms with E-state index in [1.165, 1.54) is 64.6 Å². The molecule has 29 heavy (non-hydrogen) atoms. The number of aromatic nitrogens is 1. The molecule has 4 nitrogen and oxygen atoms in total. The molecule has 1 aromatic carbocycles. The highest BCUT2D eigenvalue weighted by Crippen LogP contribution is 2.29. The molecular weight excluding hydrogens is 360 g/mol. The summed E-state index contributed by atoms with van der Waals surface area (Å²) < 4.78 is 5.34. The lowest BCUT2D eigenvalue weighted by atomic mass is 9.99. The Balaban J connectivity index is 1.75. The molecule has 162 valence electrons. The number of pyridine rings is 1. The van der Waals surface area contributed by atoms with Gasteiger partial charge in [-0.1, -0.05) is 46.0 Å². The molecule has 1 heterocycles. The summed E-state index contributed by atoms with van der Waals surface area (Å²) in [5, 5.41) is 11.7. The van der Waals surface area contributed by atoms with Crippen LogP contribution in [-0.4, -0.2) is 41.7 Å². The fourth-order valence-corrected chi connectivity index (χ4v) is 3.85. The number of aliphatic hydroxyl groups is 1. The van der Waals surface area contributed by atoms with E-state index in [-0.39, 0.29) is 0 Å². The number of hydrogen-bond acceptors (Lipinski definition) is 4. The summed E-state index contributed by atoms with van der Waals surface area (Å²) in [5.41, 5.74) is 1.86. The first-order valence-electron chi connectivity index (χ1n) is 11.5. The standard InChI is InChI=1S/C25H40N2O2/c1-4-6-17-27(18-7-5-2)19-11-9-8-10-12-25(28)22-15-16-26-24-14-13-21(29-3)20-23(22)24/h13-16,20,25,28H,4-12,17-19H2,1-3H3. The lowest BCUT2D eigenvalue weighted by Crippen LogP contribution is -2.27. The van der Waals surface area contributed by atoms with Crippen molar-refractivity contribution in [1.29, 1.82) is 0 Å². The zero-order valence-corrected chi connectivity index (χ0v) is 18.7. The minimum Gasteiger partial charge on any atom is -0.497 e. The van der Waals surface area contributed by atoms with Crippen LogP contribution in [0.25, 0.3) is 10.9 Å². The van der Waals surface area contributed by atoms with Gasteiger partial charge in [0, 0.05) is 11.6 Å². The zero-order valence-electron chi connectivity index (χ0n) is 18.7. The highest BCUT2D eigenvalue weighted by atomic mass is 16.5. The van der Waals surface area contributed by atoms with Crippen molar-refractivity contribution in [2.75, 3.05) is 26.7 Å². The van der Waals surface area contributed by atoms with Crippen LogP contribution >= 0.6 is 0 Å². The fourth-order valence-electron chi connectivity index (χ4n) is 3.85. The van der Waals surface area contributed by atoms with Gasteiger partial charge < -0.3 is 14.7 Å². The van der Waals surface area contributed by atoms with Gasteiger partial charge in [-0.25, -0.2) is 0 Å². The molecular formula is C25H40N2O2. The van der Waals surface area contributed by atoms with E-state index >= 15 is 0 Å². The Labute approximate surface area is 177 Å². The number of unbranched alkanes of at least 4 members (excludes halogenated alkanes) is 5. The number of nitrogens with zero attached hydrogens (tertiary/aromatic N) is 2. The van der Waals surface area contributed by atoms with Crippen LogP contribution < -0.4 is 4.74 Å². The van der Waals surface area contributed by atoms with E-state index < -0.39 is 6.10 Å². The van der Waals surface area contributed by atoms with Crippen molar-refractivity contribution in [3.8, 4) is 5.75 Å². The molecule has 1 atom stereocenters. The predicted molar refractivity (Wildman–Crippen MR) is 123 cm³/mol. The largest absolute Gasteiger partial charge is 0.497 e. The topological polar surface area (TPSA) is 45.6 Å². The summed E-state index contributed by atoms with van der Waals surface area (Å²) in [6.07, 6.45) is 12.0. The van der Waals surface area contributed by atoms with Crippen molar-refractivity contribution in [3.05, 3.63) is 36.0 Å². The van der Waals surface area contributed by atoms with E-state index in [2.05, 4.69) is 23.7 Å². The number of hydrogen-bond donors (Lipinski definition) is 1. The Bertz CT molecular complexity index is 696. The molecule has 2 aromatic rings. The first kappa shape index (κ1) is 23.6. The van der Waals surface area contributed by atoms with Gasteiger partial charge in [-0.3, -0.25) is 4.98 Å². The Morgan fingerprint density at radius 2 is 1.62 bits per heavy atom. The maximum atomic E-state index is 10.7. The van der Waals surface area contributed by atoms with E-state index in [1.54, 1.807) is 13.3 Å². The first-order valence-corrected chi connectivity index (χ1v) is 11.5. The van der Waals surface area contributed by atoms with E-state index in [9.17, 15) is 5.11 Å². The molecule has 0 radical (unpaired) electrons. The summed E-state index contributed by atoms with van der Waals surface area (Å²) in [4.78, 5) is 7.05. The third kappa shape index (κ3) is 7.94. The fraction of sp³-hybridized carbons (Fsp3) is 0.640. The van der Waals surface area contributed by atoms with Crippen LogP contribution in [0.5, 0.6) is 5.75 Å². The molecule has 1 N–H and O–H groups in total. The molecule has 0 bridgehead atoms. The smallest absolute Gasteiger partial charge is 0.119 e. The van der Waals surface area contributed by atoms with Gasteiger partial charge >= 0.3 is 0 Å². The van der Waals surface area contributed by atoms with Gasteiger partial charge in [0.25, 0.3) is 0 Å². The van der Waals surface area contributed by atoms with Crippen LogP contribution in [-0.2, 0) is 0 Å². The third-order valence-corrected chi connectivity index (χ3v) is 5.70. The highest BCUT2D eigenvalue weighted by molar-refractivity contribution is 5.83. The lowest BCUT2D eigenvalue weighted by Gasteiger charge is -2.21. The van der Waals surface area contributed by atoms with Crippen LogP contribution in [0.3, 0.4) is 0 Å². The number of benzene rings is 1. The second kappa shape index (κ2) is 13.6. The van der Waals surface area contributed by atoms with E-state index in [0.717, 1.165) is 35.1 Å². The quantitative estimate of drug-likeness (QED) is 0.365. The molecule has 0 aliphatic heterocycles. The summed E-state index contributed by atoms with van der Waals surface area (Å²) in [7, 11) is 1.67. The SMILES string of the molecule is CCCCN(CCCC)CCCCCCC(O)c1ccnc2ccc(OC)cc12. The second-order valence-electron chi connectivity index (χ2n) is 8.05. The molecule has 0 aliphatic carbocycles. The van der Waals surface area contributed by atoms with Gasteiger partial charge in [0.15, 0.2) is 0 Å². The Kier molecular flexibility index (Phi) is 11.0. The minimum atomic E-state index is -0.446. The van der Waals surface area contributed by atoms with Crippen LogP contribution in [0.15, 0.2) is 30.5 Å². The highest BCUT2D eigenvalue weighted by Gasteiger charge is 2.12. The van der Waals surface area contributed by atoms with E-state index in [0.29, 0.717) is 0 Å². The molecule has 2 rings (SSSR count). The zero-order chi connectivity index (χ0) is 20.9. The van der Waals surface area contributed by atoms with E-state index in [1.807, 2.05) is 24.3 Å². The van der Waals surface area contributed by atoms with Crippen molar-refractivity contribution in [1.82, 2.24) is 9.88 Å². The molecule has 0 spiro atoms. The summed E-state index contributed by atoms with van der Waals surface area (Å²) in [5.74, 6) is 0.801. The van der Waals surface area contributed by atoms with Crippen LogP contribution in [0.1, 0.15) is 83.3 Å². The normalized spacial score (nSPS) is 12.6. The molecule has 0 saturated heterocycles.